The highest BCUT2D eigenvalue weighted by Gasteiger charge is 2.31. The van der Waals surface area contributed by atoms with Gasteiger partial charge >= 0.3 is 6.18 Å². The number of hydrogen-bond donors (Lipinski definition) is 5. The van der Waals surface area contributed by atoms with Crippen molar-refractivity contribution < 1.29 is 27.6 Å². The largest absolute Gasteiger partial charge is 0.416 e. The van der Waals surface area contributed by atoms with Gasteiger partial charge in [0.15, 0.2) is 0 Å². The van der Waals surface area contributed by atoms with Crippen molar-refractivity contribution in [3.05, 3.63) is 106 Å². The lowest BCUT2D eigenvalue weighted by Gasteiger charge is -2.14. The van der Waals surface area contributed by atoms with Gasteiger partial charge in [-0.1, -0.05) is 18.2 Å². The predicted octanol–water partition coefficient (Wildman–Crippen LogP) is 7.35. The van der Waals surface area contributed by atoms with Gasteiger partial charge in [0.25, 0.3) is 17.7 Å². The molecule has 12 heteroatoms. The van der Waals surface area contributed by atoms with Crippen LogP contribution in [0.3, 0.4) is 0 Å². The highest BCUT2D eigenvalue weighted by molar-refractivity contribution is 6.35. The standard InChI is InChI=1S/C37H37F3N6O3/c1-22-31(42-23(2)33(22)36(49)41-14-7-17-46-15-3-4-16-46)21-30-29-13-12-28(20-32(29)45-35(30)48)43-26-10-6-11-27(19-26)44-34(47)24-8-5-9-25(18-24)37(38,39)40/h5-6,8-13,18-21,42-43H,3-4,7,14-17H2,1-2H3,(H,41,49)(H,44,47)(H,45,48). The molecule has 0 aliphatic carbocycles. The Bertz CT molecular complexity index is 1940. The van der Waals surface area contributed by atoms with Crippen molar-refractivity contribution in [1.29, 1.82) is 0 Å². The first-order valence-electron chi connectivity index (χ1n) is 16.2. The van der Waals surface area contributed by atoms with E-state index in [1.807, 2.05) is 26.0 Å². The van der Waals surface area contributed by atoms with E-state index in [4.69, 9.17) is 0 Å². The summed E-state index contributed by atoms with van der Waals surface area (Å²) in [6, 6.07) is 16.4. The zero-order chi connectivity index (χ0) is 34.7. The Labute approximate surface area is 282 Å². The number of alkyl halides is 3. The quantitative estimate of drug-likeness (QED) is 0.0893. The third-order valence-electron chi connectivity index (χ3n) is 8.79. The summed E-state index contributed by atoms with van der Waals surface area (Å²) in [4.78, 5) is 44.5. The fourth-order valence-corrected chi connectivity index (χ4v) is 6.30. The van der Waals surface area contributed by atoms with Crippen molar-refractivity contribution >= 4 is 52.1 Å². The summed E-state index contributed by atoms with van der Waals surface area (Å²) in [6.45, 7) is 7.55. The molecule has 2 aliphatic rings. The van der Waals surface area contributed by atoms with Crippen LogP contribution in [0.2, 0.25) is 0 Å². The molecule has 0 unspecified atom stereocenters. The minimum Gasteiger partial charge on any atom is -0.358 e. The van der Waals surface area contributed by atoms with Crippen molar-refractivity contribution in [1.82, 2.24) is 15.2 Å². The van der Waals surface area contributed by atoms with Crippen LogP contribution >= 0.6 is 0 Å². The maximum Gasteiger partial charge on any atom is 0.416 e. The molecule has 3 heterocycles. The average Bonchev–Trinajstić information content (AvgIpc) is 3.76. The Kier molecular flexibility index (Phi) is 9.59. The number of aromatic amines is 1. The fraction of sp³-hybridized carbons (Fsp3) is 0.270. The number of aryl methyl sites for hydroxylation is 1. The topological polar surface area (TPSA) is 118 Å². The first-order valence-corrected chi connectivity index (χ1v) is 16.2. The van der Waals surface area contributed by atoms with E-state index in [9.17, 15) is 27.6 Å². The smallest absolute Gasteiger partial charge is 0.358 e. The number of halogens is 3. The molecular formula is C37H37F3N6O3. The first-order chi connectivity index (χ1) is 23.5. The number of rotatable bonds is 10. The van der Waals surface area contributed by atoms with Crippen LogP contribution in [0.4, 0.5) is 35.9 Å². The molecule has 49 heavy (non-hydrogen) atoms. The number of nitrogens with zero attached hydrogens (tertiary/aromatic N) is 1. The average molecular weight is 671 g/mol. The predicted molar refractivity (Wildman–Crippen MR) is 185 cm³/mol. The molecule has 6 rings (SSSR count). The van der Waals surface area contributed by atoms with Gasteiger partial charge in [0.2, 0.25) is 0 Å². The van der Waals surface area contributed by atoms with Crippen LogP contribution in [-0.4, -0.2) is 53.8 Å². The van der Waals surface area contributed by atoms with Crippen LogP contribution in [0.15, 0.2) is 66.7 Å². The third kappa shape index (κ3) is 7.70. The van der Waals surface area contributed by atoms with Crippen molar-refractivity contribution in [3.8, 4) is 0 Å². The first kappa shape index (κ1) is 33.5. The monoisotopic (exact) mass is 670 g/mol. The summed E-state index contributed by atoms with van der Waals surface area (Å²) >= 11 is 0. The molecule has 1 saturated heterocycles. The summed E-state index contributed by atoms with van der Waals surface area (Å²) in [6.07, 6.45) is 0.577. The SMILES string of the molecule is Cc1[nH]c(C=C2C(=O)Nc3cc(Nc4cccc(NC(=O)c5cccc(C(F)(F)F)c5)c4)ccc32)c(C)c1C(=O)NCCCN1CCCC1. The second-order valence-corrected chi connectivity index (χ2v) is 12.3. The Morgan fingerprint density at radius 3 is 2.43 bits per heavy atom. The number of carbonyl (C=O) groups excluding carboxylic acids is 3. The molecule has 1 fully saturated rings. The molecule has 9 nitrogen and oxygen atoms in total. The number of aromatic nitrogens is 1. The normalized spacial score (nSPS) is 15.3. The molecule has 0 spiro atoms. The summed E-state index contributed by atoms with van der Waals surface area (Å²) < 4.78 is 39.3. The molecule has 5 N–H and O–H groups in total. The van der Waals surface area contributed by atoms with Gasteiger partial charge in [-0.25, -0.2) is 0 Å². The molecule has 0 atom stereocenters. The van der Waals surface area contributed by atoms with Gasteiger partial charge < -0.3 is 31.2 Å². The summed E-state index contributed by atoms with van der Waals surface area (Å²) in [5.74, 6) is -1.08. The highest BCUT2D eigenvalue weighted by Crippen LogP contribution is 2.37. The minimum atomic E-state index is -4.56. The van der Waals surface area contributed by atoms with Gasteiger partial charge in [-0.15, -0.1) is 0 Å². The number of amides is 3. The second-order valence-electron chi connectivity index (χ2n) is 12.3. The van der Waals surface area contributed by atoms with E-state index in [2.05, 4.69) is 31.2 Å². The van der Waals surface area contributed by atoms with Gasteiger partial charge in [0, 0.05) is 46.1 Å². The lowest BCUT2D eigenvalue weighted by atomic mass is 10.0. The number of H-pyrrole nitrogens is 1. The third-order valence-corrected chi connectivity index (χ3v) is 8.79. The van der Waals surface area contributed by atoms with E-state index < -0.39 is 17.6 Å². The van der Waals surface area contributed by atoms with E-state index in [-0.39, 0.29) is 17.4 Å². The Morgan fingerprint density at radius 1 is 0.918 bits per heavy atom. The summed E-state index contributed by atoms with van der Waals surface area (Å²) in [5, 5.41) is 11.8. The number of hydrogen-bond acceptors (Lipinski definition) is 5. The Hall–Kier alpha value is -5.36. The number of likely N-dealkylation sites (tertiary alicyclic amines) is 1. The zero-order valence-electron chi connectivity index (χ0n) is 27.2. The Morgan fingerprint density at radius 2 is 1.65 bits per heavy atom. The van der Waals surface area contributed by atoms with Crippen molar-refractivity contribution in [2.75, 3.05) is 42.1 Å². The molecule has 0 radical (unpaired) electrons. The van der Waals surface area contributed by atoms with E-state index in [1.54, 1.807) is 36.4 Å². The number of nitrogens with one attached hydrogen (secondary N) is 5. The second kappa shape index (κ2) is 14.0. The van der Waals surface area contributed by atoms with Crippen LogP contribution < -0.4 is 21.3 Å². The highest BCUT2D eigenvalue weighted by atomic mass is 19.4. The molecule has 4 aromatic rings. The molecule has 1 aromatic heterocycles. The van der Waals surface area contributed by atoms with Crippen molar-refractivity contribution in [3.63, 3.8) is 0 Å². The zero-order valence-corrected chi connectivity index (χ0v) is 27.2. The van der Waals surface area contributed by atoms with E-state index in [1.165, 1.54) is 25.0 Å². The molecular weight excluding hydrogens is 633 g/mol. The Balaban J connectivity index is 1.12. The van der Waals surface area contributed by atoms with Crippen molar-refractivity contribution in [2.45, 2.75) is 39.3 Å². The van der Waals surface area contributed by atoms with Gasteiger partial charge in [-0.3, -0.25) is 14.4 Å². The van der Waals surface area contributed by atoms with Gasteiger partial charge in [-0.05, 0) is 113 Å². The lowest BCUT2D eigenvalue weighted by Crippen LogP contribution is -2.29. The molecule has 0 bridgehead atoms. The van der Waals surface area contributed by atoms with E-state index in [0.29, 0.717) is 51.7 Å². The van der Waals surface area contributed by atoms with E-state index >= 15 is 0 Å². The number of anilines is 4. The van der Waals surface area contributed by atoms with Crippen LogP contribution in [0.1, 0.15) is 68.1 Å². The number of benzene rings is 3. The molecule has 3 amide bonds. The van der Waals surface area contributed by atoms with Gasteiger partial charge in [0.05, 0.1) is 22.4 Å². The molecule has 254 valence electrons. The van der Waals surface area contributed by atoms with Crippen LogP contribution in [-0.2, 0) is 11.0 Å². The molecule has 3 aromatic carbocycles. The van der Waals surface area contributed by atoms with E-state index in [0.717, 1.165) is 49.4 Å². The van der Waals surface area contributed by atoms with Crippen molar-refractivity contribution in [2.24, 2.45) is 0 Å². The minimum absolute atomic E-state index is 0.112. The lowest BCUT2D eigenvalue weighted by molar-refractivity contribution is -0.137. The van der Waals surface area contributed by atoms with Gasteiger partial charge in [-0.2, -0.15) is 13.2 Å². The summed E-state index contributed by atoms with van der Waals surface area (Å²) in [5.41, 5.74) is 5.18. The van der Waals surface area contributed by atoms with Crippen LogP contribution in [0, 0.1) is 13.8 Å². The maximum atomic E-state index is 13.1. The maximum absolute atomic E-state index is 13.1. The summed E-state index contributed by atoms with van der Waals surface area (Å²) in [7, 11) is 0. The number of carbonyl (C=O) groups is 3. The number of fused-ring (bicyclic) bond motifs is 1. The fourth-order valence-electron chi connectivity index (χ4n) is 6.30. The molecule has 0 saturated carbocycles. The van der Waals surface area contributed by atoms with Crippen LogP contribution in [0.5, 0.6) is 0 Å². The van der Waals surface area contributed by atoms with Crippen LogP contribution in [0.25, 0.3) is 11.6 Å². The molecule has 2 aliphatic heterocycles. The van der Waals surface area contributed by atoms with Gasteiger partial charge in [0.1, 0.15) is 0 Å².